The number of aromatic nitrogens is 4. The lowest BCUT2D eigenvalue weighted by molar-refractivity contribution is 1.07. The van der Waals surface area contributed by atoms with Crippen LogP contribution in [0.2, 0.25) is 0 Å². The van der Waals surface area contributed by atoms with Gasteiger partial charge in [0.15, 0.2) is 17.5 Å². The van der Waals surface area contributed by atoms with Crippen LogP contribution in [0.4, 0.5) is 0 Å². The molecule has 0 saturated heterocycles. The Morgan fingerprint density at radius 3 is 1.64 bits per heavy atom. The van der Waals surface area contributed by atoms with Gasteiger partial charge in [-0.15, -0.1) is 0 Å². The van der Waals surface area contributed by atoms with E-state index in [1.54, 1.807) is 0 Å². The van der Waals surface area contributed by atoms with Crippen LogP contribution in [0.15, 0.2) is 194 Å². The second kappa shape index (κ2) is 12.6. The van der Waals surface area contributed by atoms with Gasteiger partial charge in [0.1, 0.15) is 0 Å². The van der Waals surface area contributed by atoms with Gasteiger partial charge in [0, 0.05) is 33.2 Å². The number of hydrogen-bond acceptors (Lipinski definition) is 3. The summed E-state index contributed by atoms with van der Waals surface area (Å²) >= 11 is 0. The molecule has 2 aromatic heterocycles. The first-order chi connectivity index (χ1) is 27.3. The van der Waals surface area contributed by atoms with Crippen molar-refractivity contribution < 1.29 is 0 Å². The molecule has 2 heterocycles. The summed E-state index contributed by atoms with van der Waals surface area (Å²) in [5, 5.41) is 9.72. The Bertz CT molecular complexity index is 3220. The minimum Gasteiger partial charge on any atom is -0.309 e. The maximum Gasteiger partial charge on any atom is 0.164 e. The van der Waals surface area contributed by atoms with E-state index in [0.717, 1.165) is 39.0 Å². The summed E-state index contributed by atoms with van der Waals surface area (Å²) in [4.78, 5) is 15.7. The van der Waals surface area contributed by atoms with Crippen LogP contribution in [-0.2, 0) is 0 Å². The molecule has 11 rings (SSSR count). The second-order valence-corrected chi connectivity index (χ2v) is 14.0. The zero-order chi connectivity index (χ0) is 36.3. The molecule has 0 aliphatic heterocycles. The van der Waals surface area contributed by atoms with Crippen LogP contribution in [0.1, 0.15) is 0 Å². The highest BCUT2D eigenvalue weighted by atomic mass is 15.0. The predicted octanol–water partition coefficient (Wildman–Crippen LogP) is 13.1. The first kappa shape index (κ1) is 31.1. The fourth-order valence-electron chi connectivity index (χ4n) is 8.33. The van der Waals surface area contributed by atoms with Crippen molar-refractivity contribution in [3.05, 3.63) is 194 Å². The summed E-state index contributed by atoms with van der Waals surface area (Å²) < 4.78 is 2.33. The number of benzene rings is 9. The summed E-state index contributed by atoms with van der Waals surface area (Å²) in [6.45, 7) is 0. The van der Waals surface area contributed by atoms with Crippen molar-refractivity contribution in [2.75, 3.05) is 0 Å². The zero-order valence-corrected chi connectivity index (χ0v) is 29.8. The molecule has 0 fully saturated rings. The van der Waals surface area contributed by atoms with E-state index in [0.29, 0.717) is 17.5 Å². The van der Waals surface area contributed by atoms with Crippen molar-refractivity contribution in [2.24, 2.45) is 0 Å². The molecule has 0 atom stereocenters. The van der Waals surface area contributed by atoms with E-state index < -0.39 is 0 Å². The molecule has 4 heteroatoms. The topological polar surface area (TPSA) is 43.6 Å². The lowest BCUT2D eigenvalue weighted by Gasteiger charge is -2.17. The molecule has 4 nitrogen and oxygen atoms in total. The Labute approximate surface area is 317 Å². The van der Waals surface area contributed by atoms with Crippen molar-refractivity contribution in [3.8, 4) is 51.0 Å². The Balaban J connectivity index is 1.15. The van der Waals surface area contributed by atoms with Crippen LogP contribution < -0.4 is 0 Å². The fraction of sp³-hybridized carbons (Fsp3) is 0. The average molecular weight is 701 g/mol. The summed E-state index contributed by atoms with van der Waals surface area (Å²) in [7, 11) is 0. The maximum atomic E-state index is 5.31. The first-order valence-corrected chi connectivity index (χ1v) is 18.6. The van der Waals surface area contributed by atoms with Crippen molar-refractivity contribution in [1.82, 2.24) is 19.5 Å². The third kappa shape index (κ3) is 5.11. The van der Waals surface area contributed by atoms with E-state index in [1.807, 2.05) is 18.2 Å². The van der Waals surface area contributed by atoms with Crippen molar-refractivity contribution in [2.45, 2.75) is 0 Å². The molecule has 0 radical (unpaired) electrons. The van der Waals surface area contributed by atoms with Crippen LogP contribution in [0, 0.1) is 0 Å². The predicted molar refractivity (Wildman–Crippen MR) is 228 cm³/mol. The minimum atomic E-state index is 0.620. The van der Waals surface area contributed by atoms with Gasteiger partial charge in [-0.2, -0.15) is 0 Å². The highest BCUT2D eigenvalue weighted by Gasteiger charge is 2.20. The largest absolute Gasteiger partial charge is 0.309 e. The quantitative estimate of drug-likeness (QED) is 0.133. The maximum absolute atomic E-state index is 5.31. The number of fused-ring (bicyclic) bond motifs is 7. The van der Waals surface area contributed by atoms with Gasteiger partial charge >= 0.3 is 0 Å². The van der Waals surface area contributed by atoms with E-state index in [2.05, 4.69) is 180 Å². The molecule has 0 aliphatic carbocycles. The molecule has 0 aliphatic rings. The zero-order valence-electron chi connectivity index (χ0n) is 29.8. The molecule has 9 aromatic carbocycles. The molecule has 0 amide bonds. The van der Waals surface area contributed by atoms with Gasteiger partial charge in [-0.05, 0) is 73.8 Å². The number of rotatable bonds is 5. The van der Waals surface area contributed by atoms with Crippen molar-refractivity contribution >= 4 is 54.1 Å². The molecule has 11 aromatic rings. The molecule has 0 unspecified atom stereocenters. The summed E-state index contributed by atoms with van der Waals surface area (Å²) in [6, 6.07) is 68.6. The third-order valence-corrected chi connectivity index (χ3v) is 10.8. The number of nitrogens with zero attached hydrogens (tertiary/aromatic N) is 4. The second-order valence-electron chi connectivity index (χ2n) is 14.0. The standard InChI is InChI=1S/C51H32N4/c1-2-16-34(17-3-1)49-52-50(36-19-14-20-37(31-36)55-46-27-12-10-23-40(46)41-24-11-13-28-47(41)55)54-51(53-49)44-26-9-8-25-42(44)48-39-22-7-5-18-35(39)32-45-38-21-6-4-15-33(38)29-30-43(45)48/h1-32H. The van der Waals surface area contributed by atoms with E-state index in [9.17, 15) is 0 Å². The molecule has 0 saturated carbocycles. The molecular formula is C51H32N4. The lowest BCUT2D eigenvalue weighted by Crippen LogP contribution is -2.02. The lowest BCUT2D eigenvalue weighted by atomic mass is 9.88. The molecule has 55 heavy (non-hydrogen) atoms. The van der Waals surface area contributed by atoms with Gasteiger partial charge in [0.2, 0.25) is 0 Å². The molecule has 0 N–H and O–H groups in total. The minimum absolute atomic E-state index is 0.620. The summed E-state index contributed by atoms with van der Waals surface area (Å²) in [6.07, 6.45) is 0. The van der Waals surface area contributed by atoms with Crippen LogP contribution in [-0.4, -0.2) is 19.5 Å². The monoisotopic (exact) mass is 700 g/mol. The van der Waals surface area contributed by atoms with E-state index in [-0.39, 0.29) is 0 Å². The van der Waals surface area contributed by atoms with Crippen LogP contribution in [0.5, 0.6) is 0 Å². The average Bonchev–Trinajstić information content (AvgIpc) is 3.60. The molecular weight excluding hydrogens is 669 g/mol. The molecule has 0 bridgehead atoms. The van der Waals surface area contributed by atoms with Gasteiger partial charge in [-0.1, -0.05) is 164 Å². The first-order valence-electron chi connectivity index (χ1n) is 18.6. The van der Waals surface area contributed by atoms with Gasteiger partial charge in [-0.3, -0.25) is 0 Å². The van der Waals surface area contributed by atoms with Crippen LogP contribution in [0.25, 0.3) is 105 Å². The Morgan fingerprint density at radius 1 is 0.309 bits per heavy atom. The SMILES string of the molecule is c1ccc(-c2nc(-c3cccc(-n4c5ccccc5c5ccccc54)c3)nc(-c3ccccc3-c3c4ccccc4cc4c3ccc3ccccc34)n2)cc1. The molecule has 0 spiro atoms. The van der Waals surface area contributed by atoms with Crippen molar-refractivity contribution in [1.29, 1.82) is 0 Å². The fourth-order valence-corrected chi connectivity index (χ4v) is 8.33. The van der Waals surface area contributed by atoms with Gasteiger partial charge in [0.05, 0.1) is 11.0 Å². The van der Waals surface area contributed by atoms with Crippen LogP contribution >= 0.6 is 0 Å². The molecule has 256 valence electrons. The van der Waals surface area contributed by atoms with Crippen LogP contribution in [0.3, 0.4) is 0 Å². The smallest absolute Gasteiger partial charge is 0.164 e. The summed E-state index contributed by atoms with van der Waals surface area (Å²) in [5.74, 6) is 1.88. The van der Waals surface area contributed by atoms with Gasteiger partial charge in [0.25, 0.3) is 0 Å². The van der Waals surface area contributed by atoms with Gasteiger partial charge in [-0.25, -0.2) is 15.0 Å². The highest BCUT2D eigenvalue weighted by molar-refractivity contribution is 6.21. The third-order valence-electron chi connectivity index (χ3n) is 10.8. The Morgan fingerprint density at radius 2 is 0.873 bits per heavy atom. The highest BCUT2D eigenvalue weighted by Crippen LogP contribution is 2.43. The number of hydrogen-bond donors (Lipinski definition) is 0. The van der Waals surface area contributed by atoms with E-state index in [4.69, 9.17) is 15.0 Å². The van der Waals surface area contributed by atoms with Gasteiger partial charge < -0.3 is 4.57 Å². The number of para-hydroxylation sites is 2. The van der Waals surface area contributed by atoms with Crippen molar-refractivity contribution in [3.63, 3.8) is 0 Å². The van der Waals surface area contributed by atoms with E-state index >= 15 is 0 Å². The summed E-state index contributed by atoms with van der Waals surface area (Å²) in [5.41, 5.74) is 8.42. The Hall–Kier alpha value is -7.43. The van der Waals surface area contributed by atoms with E-state index in [1.165, 1.54) is 48.7 Å². The normalized spacial score (nSPS) is 11.6. The Kier molecular flexibility index (Phi) is 7.14.